The van der Waals surface area contributed by atoms with E-state index in [2.05, 4.69) is 11.2 Å². The molecule has 0 amide bonds. The highest BCUT2D eigenvalue weighted by Crippen LogP contribution is 2.15. The number of aromatic nitrogens is 2. The Balaban J connectivity index is 2.94. The lowest BCUT2D eigenvalue weighted by molar-refractivity contribution is 0.960. The summed E-state index contributed by atoms with van der Waals surface area (Å²) in [6.45, 7) is 0. The molecule has 0 spiro atoms. The van der Waals surface area contributed by atoms with Crippen molar-refractivity contribution >= 4 is 17.1 Å². The molecule has 0 unspecified atom stereocenters. The zero-order valence-corrected chi connectivity index (χ0v) is 6.78. The molecule has 4 heteroatoms. The number of nitriles is 1. The van der Waals surface area contributed by atoms with Gasteiger partial charge in [-0.25, -0.2) is 4.52 Å². The van der Waals surface area contributed by atoms with Crippen LogP contribution in [0.15, 0.2) is 24.4 Å². The van der Waals surface area contributed by atoms with Crippen LogP contribution in [0.5, 0.6) is 0 Å². The zero-order valence-electron chi connectivity index (χ0n) is 6.03. The molecule has 2 aromatic heterocycles. The van der Waals surface area contributed by atoms with Crippen LogP contribution in [0.3, 0.4) is 0 Å². The molecule has 2 aromatic rings. The van der Waals surface area contributed by atoms with Crippen LogP contribution < -0.4 is 0 Å². The molecule has 58 valence electrons. The first-order chi connectivity index (χ1) is 5.83. The molecule has 0 aliphatic heterocycles. The molecule has 0 aromatic carbocycles. The van der Waals surface area contributed by atoms with Crippen molar-refractivity contribution in [2.75, 3.05) is 0 Å². The molecule has 0 saturated carbocycles. The first-order valence-corrected chi connectivity index (χ1v) is 3.73. The monoisotopic (exact) mass is 177 g/mol. The van der Waals surface area contributed by atoms with Gasteiger partial charge in [0.1, 0.15) is 11.2 Å². The van der Waals surface area contributed by atoms with Crippen LogP contribution in [0, 0.1) is 11.3 Å². The molecule has 0 radical (unpaired) electrons. The molecule has 0 saturated heterocycles. The lowest BCUT2D eigenvalue weighted by Crippen LogP contribution is -1.90. The van der Waals surface area contributed by atoms with Gasteiger partial charge in [0.05, 0.1) is 17.3 Å². The van der Waals surface area contributed by atoms with E-state index in [4.69, 9.17) is 16.9 Å². The van der Waals surface area contributed by atoms with Crippen LogP contribution in [-0.4, -0.2) is 9.61 Å². The number of halogens is 1. The van der Waals surface area contributed by atoms with Crippen molar-refractivity contribution in [3.8, 4) is 6.07 Å². The van der Waals surface area contributed by atoms with Gasteiger partial charge in [-0.1, -0.05) is 11.6 Å². The van der Waals surface area contributed by atoms with E-state index in [9.17, 15) is 0 Å². The van der Waals surface area contributed by atoms with E-state index in [0.717, 1.165) is 5.52 Å². The van der Waals surface area contributed by atoms with E-state index < -0.39 is 0 Å². The Kier molecular flexibility index (Phi) is 1.49. The maximum atomic E-state index is 8.71. The maximum Gasteiger partial charge on any atom is 0.131 e. The lowest BCUT2D eigenvalue weighted by atomic mass is 10.2. The fourth-order valence-electron chi connectivity index (χ4n) is 1.08. The number of nitrogens with zero attached hydrogens (tertiary/aromatic N) is 3. The Bertz CT molecular complexity index is 467. The smallest absolute Gasteiger partial charge is 0.131 e. The van der Waals surface area contributed by atoms with Crippen molar-refractivity contribution in [2.45, 2.75) is 0 Å². The summed E-state index contributed by atoms with van der Waals surface area (Å²) in [6, 6.07) is 7.15. The van der Waals surface area contributed by atoms with Gasteiger partial charge < -0.3 is 0 Å². The van der Waals surface area contributed by atoms with Crippen LogP contribution in [-0.2, 0) is 0 Å². The Morgan fingerprint density at radius 3 is 3.00 bits per heavy atom. The molecule has 0 aliphatic carbocycles. The predicted octanol–water partition coefficient (Wildman–Crippen LogP) is 1.86. The normalized spacial score (nSPS) is 10.0. The Hall–Kier alpha value is -1.53. The largest absolute Gasteiger partial charge is 0.221 e. The second-order valence-corrected chi connectivity index (χ2v) is 2.70. The van der Waals surface area contributed by atoms with Gasteiger partial charge in [-0.05, 0) is 18.2 Å². The highest BCUT2D eigenvalue weighted by atomic mass is 35.5. The van der Waals surface area contributed by atoms with Crippen molar-refractivity contribution in [1.29, 1.82) is 5.26 Å². The van der Waals surface area contributed by atoms with Crippen LogP contribution in [0.2, 0.25) is 5.15 Å². The average molecular weight is 178 g/mol. The molecule has 0 atom stereocenters. The number of hydrogen-bond donors (Lipinski definition) is 0. The minimum absolute atomic E-state index is 0.508. The summed E-state index contributed by atoms with van der Waals surface area (Å²) >= 11 is 5.82. The second kappa shape index (κ2) is 2.50. The van der Waals surface area contributed by atoms with Gasteiger partial charge in [0, 0.05) is 0 Å². The summed E-state index contributed by atoms with van der Waals surface area (Å²) in [5.74, 6) is 0. The summed E-state index contributed by atoms with van der Waals surface area (Å²) in [6.07, 6.45) is 1.61. The fourth-order valence-corrected chi connectivity index (χ4v) is 1.28. The predicted molar refractivity (Wildman–Crippen MR) is 44.9 cm³/mol. The Morgan fingerprint density at radius 1 is 1.42 bits per heavy atom. The molecule has 0 fully saturated rings. The van der Waals surface area contributed by atoms with Crippen LogP contribution in [0.4, 0.5) is 0 Å². The Morgan fingerprint density at radius 2 is 2.25 bits per heavy atom. The molecular formula is C8H4ClN3. The molecule has 12 heavy (non-hydrogen) atoms. The molecular weight excluding hydrogens is 174 g/mol. The molecule has 2 rings (SSSR count). The number of fused-ring (bicyclic) bond motifs is 1. The van der Waals surface area contributed by atoms with E-state index in [1.54, 1.807) is 24.4 Å². The van der Waals surface area contributed by atoms with Crippen molar-refractivity contribution in [2.24, 2.45) is 0 Å². The van der Waals surface area contributed by atoms with Crippen molar-refractivity contribution in [3.05, 3.63) is 35.1 Å². The third kappa shape index (κ3) is 0.858. The van der Waals surface area contributed by atoms with Gasteiger partial charge in [-0.15, -0.1) is 0 Å². The van der Waals surface area contributed by atoms with Crippen LogP contribution >= 0.6 is 11.6 Å². The van der Waals surface area contributed by atoms with Gasteiger partial charge in [0.25, 0.3) is 0 Å². The molecule has 0 aliphatic rings. The average Bonchev–Trinajstić information content (AvgIpc) is 2.54. The van der Waals surface area contributed by atoms with Crippen molar-refractivity contribution in [1.82, 2.24) is 9.61 Å². The van der Waals surface area contributed by atoms with Crippen LogP contribution in [0.1, 0.15) is 5.56 Å². The maximum absolute atomic E-state index is 8.71. The van der Waals surface area contributed by atoms with Crippen molar-refractivity contribution in [3.63, 3.8) is 0 Å². The summed E-state index contributed by atoms with van der Waals surface area (Å²) < 4.78 is 1.53. The quantitative estimate of drug-likeness (QED) is 0.577. The van der Waals surface area contributed by atoms with E-state index in [-0.39, 0.29) is 0 Å². The van der Waals surface area contributed by atoms with Gasteiger partial charge in [0.15, 0.2) is 0 Å². The standard InChI is InChI=1S/C8H4ClN3/c9-8-2-1-6(5-10)7-3-4-11-12(7)8/h1-4H. The molecule has 3 nitrogen and oxygen atoms in total. The number of hydrogen-bond acceptors (Lipinski definition) is 2. The first kappa shape index (κ1) is 7.14. The molecule has 2 heterocycles. The van der Waals surface area contributed by atoms with Gasteiger partial charge in [0.2, 0.25) is 0 Å². The SMILES string of the molecule is N#Cc1ccc(Cl)n2nccc12. The van der Waals surface area contributed by atoms with Gasteiger partial charge in [-0.2, -0.15) is 10.4 Å². The second-order valence-electron chi connectivity index (χ2n) is 2.31. The summed E-state index contributed by atoms with van der Waals surface area (Å²) in [4.78, 5) is 0. The van der Waals surface area contributed by atoms with E-state index in [1.807, 2.05) is 0 Å². The Labute approximate surface area is 73.8 Å². The first-order valence-electron chi connectivity index (χ1n) is 3.35. The minimum Gasteiger partial charge on any atom is -0.221 e. The highest BCUT2D eigenvalue weighted by Gasteiger charge is 2.02. The third-order valence-electron chi connectivity index (χ3n) is 1.63. The summed E-state index contributed by atoms with van der Waals surface area (Å²) in [7, 11) is 0. The highest BCUT2D eigenvalue weighted by molar-refractivity contribution is 6.29. The van der Waals surface area contributed by atoms with E-state index in [0.29, 0.717) is 10.7 Å². The van der Waals surface area contributed by atoms with Crippen molar-refractivity contribution < 1.29 is 0 Å². The van der Waals surface area contributed by atoms with E-state index >= 15 is 0 Å². The topological polar surface area (TPSA) is 41.1 Å². The minimum atomic E-state index is 0.508. The van der Waals surface area contributed by atoms with Gasteiger partial charge in [-0.3, -0.25) is 0 Å². The molecule has 0 N–H and O–H groups in total. The van der Waals surface area contributed by atoms with Gasteiger partial charge >= 0.3 is 0 Å². The summed E-state index contributed by atoms with van der Waals surface area (Å²) in [5, 5.41) is 13.2. The lowest BCUT2D eigenvalue weighted by Gasteiger charge is -1.96. The third-order valence-corrected chi connectivity index (χ3v) is 1.92. The molecule has 0 bridgehead atoms. The van der Waals surface area contributed by atoms with E-state index in [1.165, 1.54) is 4.52 Å². The van der Waals surface area contributed by atoms with Crippen LogP contribution in [0.25, 0.3) is 5.52 Å². The zero-order chi connectivity index (χ0) is 8.55. The summed E-state index contributed by atoms with van der Waals surface area (Å²) in [5.41, 5.74) is 1.32. The number of pyridine rings is 1. The number of rotatable bonds is 0. The fraction of sp³-hybridized carbons (Fsp3) is 0.